The van der Waals surface area contributed by atoms with Gasteiger partial charge in [-0.05, 0) is 17.9 Å². The maximum Gasteiger partial charge on any atom is 0.146 e. The molecule has 4 nitrogen and oxygen atoms in total. The molecule has 0 radical (unpaired) electrons. The predicted molar refractivity (Wildman–Crippen MR) is 84.0 cm³/mol. The molecule has 21 heavy (non-hydrogen) atoms. The third kappa shape index (κ3) is 2.72. The summed E-state index contributed by atoms with van der Waals surface area (Å²) < 4.78 is 2.09. The van der Waals surface area contributed by atoms with E-state index in [0.717, 1.165) is 31.3 Å². The van der Waals surface area contributed by atoms with E-state index in [1.54, 1.807) is 0 Å². The Balaban J connectivity index is 1.77. The summed E-state index contributed by atoms with van der Waals surface area (Å²) in [5.41, 5.74) is 1.73. The van der Waals surface area contributed by atoms with Crippen LogP contribution in [0, 0.1) is 12.3 Å². The van der Waals surface area contributed by atoms with Gasteiger partial charge in [-0.3, -0.25) is 4.90 Å². The average Bonchev–Trinajstić information content (AvgIpc) is 2.93. The topological polar surface area (TPSA) is 34.0 Å². The van der Waals surface area contributed by atoms with Crippen molar-refractivity contribution in [2.24, 2.45) is 12.5 Å². The van der Waals surface area contributed by atoms with Crippen molar-refractivity contribution in [1.82, 2.24) is 19.7 Å². The van der Waals surface area contributed by atoms with Crippen LogP contribution in [-0.4, -0.2) is 32.8 Å². The molecule has 1 aromatic carbocycles. The summed E-state index contributed by atoms with van der Waals surface area (Å²) in [7, 11) is 2.04. The second-order valence-corrected chi connectivity index (χ2v) is 6.84. The normalized spacial score (nSPS) is 21.8. The Morgan fingerprint density at radius 2 is 1.90 bits per heavy atom. The van der Waals surface area contributed by atoms with E-state index in [1.165, 1.54) is 5.56 Å². The second kappa shape index (κ2) is 5.26. The van der Waals surface area contributed by atoms with Gasteiger partial charge in [0.25, 0.3) is 0 Å². The molecule has 0 aliphatic carbocycles. The van der Waals surface area contributed by atoms with E-state index in [9.17, 15) is 0 Å². The largest absolute Gasteiger partial charge is 0.317 e. The van der Waals surface area contributed by atoms with Crippen LogP contribution in [0.15, 0.2) is 30.3 Å². The van der Waals surface area contributed by atoms with Crippen LogP contribution >= 0.6 is 0 Å². The maximum absolute atomic E-state index is 4.30. The van der Waals surface area contributed by atoms with E-state index >= 15 is 0 Å². The Morgan fingerprint density at radius 1 is 1.19 bits per heavy atom. The van der Waals surface area contributed by atoms with E-state index in [-0.39, 0.29) is 5.41 Å². The van der Waals surface area contributed by atoms with E-state index in [2.05, 4.69) is 63.8 Å². The fourth-order valence-electron chi connectivity index (χ4n) is 3.41. The summed E-state index contributed by atoms with van der Waals surface area (Å²) in [5, 5.41) is 8.45. The summed E-state index contributed by atoms with van der Waals surface area (Å²) in [6, 6.07) is 10.9. The summed E-state index contributed by atoms with van der Waals surface area (Å²) >= 11 is 0. The molecule has 1 atom stereocenters. The lowest BCUT2D eigenvalue weighted by atomic mass is 9.78. The van der Waals surface area contributed by atoms with E-state index in [0.29, 0.717) is 5.92 Å². The number of rotatable bonds is 3. The van der Waals surface area contributed by atoms with Crippen molar-refractivity contribution >= 4 is 0 Å². The van der Waals surface area contributed by atoms with Gasteiger partial charge in [0.1, 0.15) is 11.6 Å². The molecule has 0 bridgehead atoms. The molecule has 2 heterocycles. The minimum atomic E-state index is 0.287. The van der Waals surface area contributed by atoms with Gasteiger partial charge in [0.2, 0.25) is 0 Å². The van der Waals surface area contributed by atoms with Gasteiger partial charge < -0.3 is 4.57 Å². The van der Waals surface area contributed by atoms with Gasteiger partial charge in [-0.2, -0.15) is 0 Å². The molecule has 0 saturated carbocycles. The van der Waals surface area contributed by atoms with Gasteiger partial charge in [0.05, 0.1) is 6.54 Å². The highest BCUT2D eigenvalue weighted by molar-refractivity contribution is 5.24. The van der Waals surface area contributed by atoms with Crippen LogP contribution in [-0.2, 0) is 13.6 Å². The lowest BCUT2D eigenvalue weighted by Crippen LogP contribution is -2.24. The molecule has 1 fully saturated rings. The van der Waals surface area contributed by atoms with Gasteiger partial charge in [-0.15, -0.1) is 10.2 Å². The molecule has 1 aliphatic rings. The molecule has 1 aliphatic heterocycles. The molecule has 0 spiro atoms. The van der Waals surface area contributed by atoms with Gasteiger partial charge in [-0.1, -0.05) is 44.2 Å². The number of hydrogen-bond donors (Lipinski definition) is 0. The first-order valence-electron chi connectivity index (χ1n) is 7.59. The first kappa shape index (κ1) is 14.3. The molecule has 0 N–H and O–H groups in total. The first-order valence-corrected chi connectivity index (χ1v) is 7.59. The van der Waals surface area contributed by atoms with Crippen LogP contribution in [0.5, 0.6) is 0 Å². The highest BCUT2D eigenvalue weighted by atomic mass is 15.3. The standard InChI is InChI=1S/C17H24N4/c1-13-18-19-16(20(13)4)11-21-10-15(17(2,3)12-21)14-8-6-5-7-9-14/h5-9,15H,10-12H2,1-4H3/t15-/m0/s1. The molecule has 112 valence electrons. The zero-order chi connectivity index (χ0) is 15.0. The fourth-order valence-corrected chi connectivity index (χ4v) is 3.41. The molecular formula is C17H24N4. The predicted octanol–water partition coefficient (Wildman–Crippen LogP) is 2.75. The minimum absolute atomic E-state index is 0.287. The van der Waals surface area contributed by atoms with Crippen LogP contribution in [0.1, 0.15) is 37.0 Å². The Hall–Kier alpha value is -1.68. The molecule has 4 heteroatoms. The summed E-state index contributed by atoms with van der Waals surface area (Å²) in [6.07, 6.45) is 0. The van der Waals surface area contributed by atoms with Crippen molar-refractivity contribution in [3.8, 4) is 0 Å². The van der Waals surface area contributed by atoms with Crippen molar-refractivity contribution < 1.29 is 0 Å². The molecule has 2 aromatic rings. The molecular weight excluding hydrogens is 260 g/mol. The van der Waals surface area contributed by atoms with E-state index in [1.807, 2.05) is 14.0 Å². The molecule has 0 amide bonds. The number of benzene rings is 1. The lowest BCUT2D eigenvalue weighted by Gasteiger charge is -2.26. The third-order valence-electron chi connectivity index (χ3n) is 4.76. The Morgan fingerprint density at radius 3 is 2.52 bits per heavy atom. The molecule has 1 aromatic heterocycles. The van der Waals surface area contributed by atoms with Crippen LogP contribution in [0.2, 0.25) is 0 Å². The minimum Gasteiger partial charge on any atom is -0.317 e. The number of nitrogens with zero attached hydrogens (tertiary/aromatic N) is 4. The van der Waals surface area contributed by atoms with Crippen LogP contribution in [0.3, 0.4) is 0 Å². The van der Waals surface area contributed by atoms with Crippen molar-refractivity contribution in [2.75, 3.05) is 13.1 Å². The maximum atomic E-state index is 4.30. The van der Waals surface area contributed by atoms with Crippen molar-refractivity contribution in [2.45, 2.75) is 33.2 Å². The zero-order valence-electron chi connectivity index (χ0n) is 13.4. The smallest absolute Gasteiger partial charge is 0.146 e. The average molecular weight is 284 g/mol. The van der Waals surface area contributed by atoms with E-state index < -0.39 is 0 Å². The second-order valence-electron chi connectivity index (χ2n) is 6.84. The van der Waals surface area contributed by atoms with Crippen molar-refractivity contribution in [1.29, 1.82) is 0 Å². The molecule has 1 saturated heterocycles. The van der Waals surface area contributed by atoms with Crippen molar-refractivity contribution in [3.63, 3.8) is 0 Å². The SMILES string of the molecule is Cc1nnc(CN2C[C@@H](c3ccccc3)C(C)(C)C2)n1C. The zero-order valence-corrected chi connectivity index (χ0v) is 13.4. The highest BCUT2D eigenvalue weighted by Gasteiger charge is 2.40. The van der Waals surface area contributed by atoms with Crippen LogP contribution < -0.4 is 0 Å². The highest BCUT2D eigenvalue weighted by Crippen LogP contribution is 2.42. The number of aromatic nitrogens is 3. The van der Waals surface area contributed by atoms with Gasteiger partial charge in [-0.25, -0.2) is 0 Å². The Labute approximate surface area is 126 Å². The van der Waals surface area contributed by atoms with Crippen molar-refractivity contribution in [3.05, 3.63) is 47.5 Å². The number of hydrogen-bond acceptors (Lipinski definition) is 3. The monoisotopic (exact) mass is 284 g/mol. The van der Waals surface area contributed by atoms with Gasteiger partial charge in [0, 0.05) is 26.1 Å². The Kier molecular flexibility index (Phi) is 3.57. The van der Waals surface area contributed by atoms with E-state index in [4.69, 9.17) is 0 Å². The van der Waals surface area contributed by atoms with Gasteiger partial charge >= 0.3 is 0 Å². The lowest BCUT2D eigenvalue weighted by molar-refractivity contribution is 0.274. The Bertz CT molecular complexity index is 615. The summed E-state index contributed by atoms with van der Waals surface area (Å²) in [6.45, 7) is 9.79. The molecule has 3 rings (SSSR count). The first-order chi connectivity index (χ1) is 9.97. The summed E-state index contributed by atoms with van der Waals surface area (Å²) in [4.78, 5) is 2.50. The summed E-state index contributed by atoms with van der Waals surface area (Å²) in [5.74, 6) is 2.60. The molecule has 0 unspecified atom stereocenters. The van der Waals surface area contributed by atoms with Crippen LogP contribution in [0.4, 0.5) is 0 Å². The van der Waals surface area contributed by atoms with Gasteiger partial charge in [0.15, 0.2) is 0 Å². The quantitative estimate of drug-likeness (QED) is 0.869. The third-order valence-corrected chi connectivity index (χ3v) is 4.76. The number of likely N-dealkylation sites (tertiary alicyclic amines) is 1. The number of aryl methyl sites for hydroxylation is 1. The van der Waals surface area contributed by atoms with Crippen LogP contribution in [0.25, 0.3) is 0 Å². The fraction of sp³-hybridized carbons (Fsp3) is 0.529.